The minimum absolute atomic E-state index is 0.0209. The summed E-state index contributed by atoms with van der Waals surface area (Å²) >= 11 is 0. The van der Waals surface area contributed by atoms with Crippen LogP contribution in [0.15, 0.2) is 6.20 Å². The van der Waals surface area contributed by atoms with Crippen molar-refractivity contribution in [3.05, 3.63) is 11.9 Å². The predicted octanol–water partition coefficient (Wildman–Crippen LogP) is 1.81. The molecule has 6 heteroatoms. The van der Waals surface area contributed by atoms with E-state index in [1.165, 1.54) is 19.4 Å². The highest BCUT2D eigenvalue weighted by Crippen LogP contribution is 2.21. The Bertz CT molecular complexity index is 453. The van der Waals surface area contributed by atoms with E-state index in [2.05, 4.69) is 22.1 Å². The van der Waals surface area contributed by atoms with Crippen LogP contribution < -0.4 is 0 Å². The minimum Gasteiger partial charge on any atom is -0.338 e. The molecule has 2 rings (SSSR count). The van der Waals surface area contributed by atoms with E-state index in [1.54, 1.807) is 4.90 Å². The Morgan fingerprint density at radius 3 is 2.81 bits per heavy atom. The topological polar surface area (TPSA) is 54.3 Å². The summed E-state index contributed by atoms with van der Waals surface area (Å²) in [7, 11) is 0. The van der Waals surface area contributed by atoms with Crippen LogP contribution in [0.3, 0.4) is 0 Å². The third-order valence-electron chi connectivity index (χ3n) is 4.17. The van der Waals surface area contributed by atoms with Gasteiger partial charge in [-0.25, -0.2) is 4.68 Å². The molecule has 21 heavy (non-hydrogen) atoms. The molecule has 0 aromatic carbocycles. The van der Waals surface area contributed by atoms with E-state index in [0.29, 0.717) is 24.8 Å². The largest absolute Gasteiger partial charge is 0.338 e. The molecule has 1 amide bonds. The second-order valence-corrected chi connectivity index (χ2v) is 5.66. The van der Waals surface area contributed by atoms with Crippen LogP contribution in [0.4, 0.5) is 0 Å². The summed E-state index contributed by atoms with van der Waals surface area (Å²) in [6.45, 7) is 10.9. The van der Waals surface area contributed by atoms with Crippen LogP contribution in [-0.2, 0) is 0 Å². The average Bonchev–Trinajstić information content (AvgIpc) is 2.99. The summed E-state index contributed by atoms with van der Waals surface area (Å²) in [6, 6.07) is 0.344. The summed E-state index contributed by atoms with van der Waals surface area (Å²) in [5, 5.41) is 8.28. The lowest BCUT2D eigenvalue weighted by Gasteiger charge is -2.32. The number of nitrogens with zero attached hydrogens (tertiary/aromatic N) is 5. The summed E-state index contributed by atoms with van der Waals surface area (Å²) in [5.74, 6) is -0.0209. The normalized spacial score (nSPS) is 19.7. The minimum atomic E-state index is -0.0209. The first-order valence-electron chi connectivity index (χ1n) is 8.13. The fraction of sp³-hybridized carbons (Fsp3) is 0.800. The van der Waals surface area contributed by atoms with Gasteiger partial charge >= 0.3 is 0 Å². The number of carbonyl (C=O) groups is 1. The molecule has 0 radical (unpaired) electrons. The van der Waals surface area contributed by atoms with Gasteiger partial charge in [0, 0.05) is 19.6 Å². The van der Waals surface area contributed by atoms with Crippen molar-refractivity contribution in [3.63, 3.8) is 0 Å². The van der Waals surface area contributed by atoms with Gasteiger partial charge in [0.25, 0.3) is 5.91 Å². The Morgan fingerprint density at radius 1 is 1.38 bits per heavy atom. The van der Waals surface area contributed by atoms with Gasteiger partial charge in [-0.2, -0.15) is 0 Å². The number of carbonyl (C=O) groups excluding carboxylic acids is 1. The molecule has 1 aromatic heterocycles. The second-order valence-electron chi connectivity index (χ2n) is 5.66. The number of rotatable bonds is 6. The van der Waals surface area contributed by atoms with E-state index in [9.17, 15) is 4.79 Å². The molecule has 1 aliphatic heterocycles. The molecular formula is C15H27N5O. The maximum atomic E-state index is 12.3. The van der Waals surface area contributed by atoms with Gasteiger partial charge in [-0.15, -0.1) is 5.10 Å². The van der Waals surface area contributed by atoms with Gasteiger partial charge in [-0.05, 0) is 46.2 Å². The van der Waals surface area contributed by atoms with E-state index in [0.717, 1.165) is 19.5 Å². The fourth-order valence-electron chi connectivity index (χ4n) is 2.99. The van der Waals surface area contributed by atoms with Crippen molar-refractivity contribution in [3.8, 4) is 0 Å². The quantitative estimate of drug-likeness (QED) is 0.802. The zero-order valence-electron chi connectivity index (χ0n) is 13.5. The lowest BCUT2D eigenvalue weighted by Crippen LogP contribution is -2.37. The van der Waals surface area contributed by atoms with Gasteiger partial charge in [0.1, 0.15) is 0 Å². The van der Waals surface area contributed by atoms with Crippen molar-refractivity contribution in [2.24, 2.45) is 0 Å². The standard InChI is InChI=1S/C15H27N5O/c1-4-9-18-10-7-8-13(11-18)20-12-14(16-17-20)15(21)19(5-2)6-3/h12-13H,4-11H2,1-3H3. The molecule has 0 aliphatic carbocycles. The summed E-state index contributed by atoms with van der Waals surface area (Å²) in [4.78, 5) is 16.5. The second kappa shape index (κ2) is 7.54. The highest BCUT2D eigenvalue weighted by atomic mass is 16.2. The van der Waals surface area contributed by atoms with E-state index in [4.69, 9.17) is 0 Å². The highest BCUT2D eigenvalue weighted by molar-refractivity contribution is 5.91. The van der Waals surface area contributed by atoms with E-state index >= 15 is 0 Å². The van der Waals surface area contributed by atoms with Crippen LogP contribution in [-0.4, -0.2) is 63.4 Å². The smallest absolute Gasteiger partial charge is 0.276 e. The molecule has 1 aromatic rings. The zero-order chi connectivity index (χ0) is 15.2. The van der Waals surface area contributed by atoms with Crippen LogP contribution in [0.2, 0.25) is 0 Å². The van der Waals surface area contributed by atoms with Gasteiger partial charge in [-0.3, -0.25) is 4.79 Å². The first kappa shape index (κ1) is 15.9. The van der Waals surface area contributed by atoms with Crippen LogP contribution in [0.5, 0.6) is 0 Å². The third kappa shape index (κ3) is 3.81. The molecular weight excluding hydrogens is 266 g/mol. The fourth-order valence-corrected chi connectivity index (χ4v) is 2.99. The number of hydrogen-bond acceptors (Lipinski definition) is 4. The van der Waals surface area contributed by atoms with E-state index < -0.39 is 0 Å². The molecule has 0 spiro atoms. The molecule has 0 bridgehead atoms. The molecule has 0 N–H and O–H groups in total. The molecule has 1 unspecified atom stereocenters. The Balaban J connectivity index is 2.03. The molecule has 1 saturated heterocycles. The third-order valence-corrected chi connectivity index (χ3v) is 4.17. The number of aromatic nitrogens is 3. The number of likely N-dealkylation sites (tertiary alicyclic amines) is 1. The van der Waals surface area contributed by atoms with Crippen molar-refractivity contribution in [2.45, 2.75) is 46.1 Å². The van der Waals surface area contributed by atoms with Gasteiger partial charge in [0.05, 0.1) is 12.2 Å². The number of piperidine rings is 1. The number of hydrogen-bond donors (Lipinski definition) is 0. The van der Waals surface area contributed by atoms with Gasteiger partial charge in [-0.1, -0.05) is 12.1 Å². The molecule has 0 saturated carbocycles. The van der Waals surface area contributed by atoms with E-state index in [1.807, 2.05) is 24.7 Å². The summed E-state index contributed by atoms with van der Waals surface area (Å²) < 4.78 is 1.89. The van der Waals surface area contributed by atoms with Crippen LogP contribution in [0.1, 0.15) is 56.6 Å². The Hall–Kier alpha value is -1.43. The maximum absolute atomic E-state index is 12.3. The van der Waals surface area contributed by atoms with Crippen LogP contribution in [0, 0.1) is 0 Å². The van der Waals surface area contributed by atoms with Crippen molar-refractivity contribution in [2.75, 3.05) is 32.7 Å². The maximum Gasteiger partial charge on any atom is 0.276 e. The Morgan fingerprint density at radius 2 is 2.14 bits per heavy atom. The highest BCUT2D eigenvalue weighted by Gasteiger charge is 2.23. The monoisotopic (exact) mass is 293 g/mol. The SMILES string of the molecule is CCCN1CCCC(n2cc(C(=O)N(CC)CC)nn2)C1. The first-order valence-corrected chi connectivity index (χ1v) is 8.13. The van der Waals surface area contributed by atoms with E-state index in [-0.39, 0.29) is 5.91 Å². The van der Waals surface area contributed by atoms with Crippen molar-refractivity contribution in [1.82, 2.24) is 24.8 Å². The van der Waals surface area contributed by atoms with Crippen LogP contribution >= 0.6 is 0 Å². The first-order chi connectivity index (χ1) is 10.2. The molecule has 118 valence electrons. The molecule has 1 aliphatic rings. The summed E-state index contributed by atoms with van der Waals surface area (Å²) in [5.41, 5.74) is 0.464. The van der Waals surface area contributed by atoms with Crippen molar-refractivity contribution in [1.29, 1.82) is 0 Å². The molecule has 1 atom stereocenters. The zero-order valence-corrected chi connectivity index (χ0v) is 13.5. The lowest BCUT2D eigenvalue weighted by molar-refractivity contribution is 0.0767. The lowest BCUT2D eigenvalue weighted by atomic mass is 10.1. The molecule has 1 fully saturated rings. The van der Waals surface area contributed by atoms with Crippen LogP contribution in [0.25, 0.3) is 0 Å². The Kier molecular flexibility index (Phi) is 5.73. The summed E-state index contributed by atoms with van der Waals surface area (Å²) in [6.07, 6.45) is 5.29. The predicted molar refractivity (Wildman–Crippen MR) is 82.3 cm³/mol. The van der Waals surface area contributed by atoms with Crippen molar-refractivity contribution >= 4 is 5.91 Å². The molecule has 6 nitrogen and oxygen atoms in total. The number of amides is 1. The van der Waals surface area contributed by atoms with Crippen molar-refractivity contribution < 1.29 is 4.79 Å². The van der Waals surface area contributed by atoms with Gasteiger partial charge in [0.15, 0.2) is 5.69 Å². The van der Waals surface area contributed by atoms with Gasteiger partial charge < -0.3 is 9.80 Å². The average molecular weight is 293 g/mol. The molecule has 2 heterocycles. The van der Waals surface area contributed by atoms with Gasteiger partial charge in [0.2, 0.25) is 0 Å². The Labute approximate surface area is 127 Å².